The molecule has 2 aromatic carbocycles. The molecule has 0 saturated heterocycles. The molecule has 0 spiro atoms. The van der Waals surface area contributed by atoms with Crippen molar-refractivity contribution in [1.82, 2.24) is 0 Å². The summed E-state index contributed by atoms with van der Waals surface area (Å²) >= 11 is 12.0. The first-order valence-electron chi connectivity index (χ1n) is 9.46. The van der Waals surface area contributed by atoms with Gasteiger partial charge in [0.2, 0.25) is 0 Å². The summed E-state index contributed by atoms with van der Waals surface area (Å²) < 4.78 is 63.9. The number of alkyl halides is 3. The third-order valence-electron chi connectivity index (χ3n) is 4.86. The van der Waals surface area contributed by atoms with Crippen LogP contribution in [0.5, 0.6) is 5.75 Å². The average molecular weight is 495 g/mol. The van der Waals surface area contributed by atoms with Gasteiger partial charge >= 0.3 is 15.5 Å². The predicted octanol–water partition coefficient (Wildman–Crippen LogP) is 6.62. The predicted molar refractivity (Wildman–Crippen MR) is 115 cm³/mol. The van der Waals surface area contributed by atoms with Gasteiger partial charge in [0.1, 0.15) is 0 Å². The van der Waals surface area contributed by atoms with Gasteiger partial charge in [0, 0.05) is 21.5 Å². The van der Waals surface area contributed by atoms with E-state index in [-0.39, 0.29) is 22.2 Å². The third-order valence-corrected chi connectivity index (χ3v) is 6.45. The van der Waals surface area contributed by atoms with Crippen molar-refractivity contribution in [2.45, 2.75) is 37.6 Å². The summed E-state index contributed by atoms with van der Waals surface area (Å²) in [5.74, 6) is 0.241. The first-order chi connectivity index (χ1) is 14.6. The van der Waals surface area contributed by atoms with Gasteiger partial charge in [0.25, 0.3) is 0 Å². The Morgan fingerprint density at radius 1 is 1.00 bits per heavy atom. The summed E-state index contributed by atoms with van der Waals surface area (Å²) in [4.78, 5) is 5.51. The Hall–Kier alpha value is -1.97. The zero-order valence-electron chi connectivity index (χ0n) is 16.1. The molecule has 0 radical (unpaired) electrons. The second kappa shape index (κ2) is 9.67. The van der Waals surface area contributed by atoms with Crippen LogP contribution in [-0.2, 0) is 10.0 Å². The first-order valence-corrected chi connectivity index (χ1v) is 11.7. The van der Waals surface area contributed by atoms with E-state index in [9.17, 15) is 21.6 Å². The minimum absolute atomic E-state index is 0.131. The normalized spacial score (nSPS) is 16.2. The van der Waals surface area contributed by atoms with Crippen LogP contribution in [0, 0.1) is 5.92 Å². The number of nitrogens with one attached hydrogen (secondary N) is 1. The molecular formula is C20H19Cl2F3N2O3S. The Labute approximate surface area is 188 Å². The van der Waals surface area contributed by atoms with Gasteiger partial charge in [0.05, 0.1) is 11.4 Å². The van der Waals surface area contributed by atoms with Crippen molar-refractivity contribution in [1.29, 1.82) is 0 Å². The number of benzene rings is 2. The molecule has 1 N–H and O–H groups in total. The van der Waals surface area contributed by atoms with Crippen LogP contribution in [0.4, 0.5) is 18.9 Å². The fraction of sp³-hybridized carbons (Fsp3) is 0.350. The molecule has 0 amide bonds. The molecule has 0 aromatic heterocycles. The zero-order chi connectivity index (χ0) is 22.6. The maximum Gasteiger partial charge on any atom is 0.516 e. The van der Waals surface area contributed by atoms with Gasteiger partial charge in [0.15, 0.2) is 5.75 Å². The highest BCUT2D eigenvalue weighted by atomic mass is 35.5. The highest BCUT2D eigenvalue weighted by Gasteiger charge is 2.46. The van der Waals surface area contributed by atoms with Crippen LogP contribution < -0.4 is 9.56 Å². The van der Waals surface area contributed by atoms with E-state index in [1.54, 1.807) is 29.0 Å². The molecule has 1 aliphatic rings. The molecule has 1 saturated carbocycles. The van der Waals surface area contributed by atoms with E-state index < -0.39 is 15.5 Å². The lowest BCUT2D eigenvalue weighted by Gasteiger charge is -2.25. The zero-order valence-corrected chi connectivity index (χ0v) is 18.5. The number of oxime groups is 1. The molecule has 168 valence electrons. The fourth-order valence-electron chi connectivity index (χ4n) is 3.34. The Morgan fingerprint density at radius 3 is 2.23 bits per heavy atom. The molecule has 1 fully saturated rings. The van der Waals surface area contributed by atoms with Gasteiger partial charge in [-0.25, -0.2) is 0 Å². The summed E-state index contributed by atoms with van der Waals surface area (Å²) in [5, 5.41) is 4.93. The monoisotopic (exact) mass is 494 g/mol. The number of hydrogen-bond donors (Lipinski definition) is 1. The SMILES string of the molecule is O=S(=O)(Nc1ccc(Cl)cc1C(=NOc1ccc(Cl)cc1)C1CCCCC1)C(F)(F)F. The summed E-state index contributed by atoms with van der Waals surface area (Å²) in [6, 6.07) is 10.3. The van der Waals surface area contributed by atoms with Crippen molar-refractivity contribution in [2.75, 3.05) is 4.72 Å². The van der Waals surface area contributed by atoms with Crippen LogP contribution in [-0.4, -0.2) is 19.6 Å². The number of sulfonamides is 1. The Morgan fingerprint density at radius 2 is 1.61 bits per heavy atom. The molecule has 0 heterocycles. The largest absolute Gasteiger partial charge is 0.516 e. The van der Waals surface area contributed by atoms with Gasteiger partial charge in [-0.2, -0.15) is 21.6 Å². The highest BCUT2D eigenvalue weighted by Crippen LogP contribution is 2.34. The molecular weight excluding hydrogens is 476 g/mol. The van der Waals surface area contributed by atoms with E-state index in [0.717, 1.165) is 32.1 Å². The average Bonchev–Trinajstić information content (AvgIpc) is 2.71. The lowest BCUT2D eigenvalue weighted by atomic mass is 9.83. The summed E-state index contributed by atoms with van der Waals surface area (Å²) in [6.45, 7) is 0. The molecule has 0 bridgehead atoms. The van der Waals surface area contributed by atoms with E-state index in [1.807, 2.05) is 0 Å². The van der Waals surface area contributed by atoms with Crippen molar-refractivity contribution >= 4 is 44.6 Å². The second-order valence-electron chi connectivity index (χ2n) is 7.10. The van der Waals surface area contributed by atoms with E-state index in [0.29, 0.717) is 16.5 Å². The van der Waals surface area contributed by atoms with Crippen molar-refractivity contribution < 1.29 is 26.4 Å². The van der Waals surface area contributed by atoms with Crippen molar-refractivity contribution in [3.8, 4) is 5.75 Å². The molecule has 0 atom stereocenters. The Bertz CT molecular complexity index is 1050. The lowest BCUT2D eigenvalue weighted by Crippen LogP contribution is -2.31. The van der Waals surface area contributed by atoms with E-state index in [4.69, 9.17) is 28.0 Å². The standard InChI is InChI=1S/C20H19Cl2F3N2O3S/c21-14-6-9-16(10-7-14)30-26-19(13-4-2-1-3-5-13)17-12-15(22)8-11-18(17)27-31(28,29)20(23,24)25/h6-13,27H,1-5H2. The topological polar surface area (TPSA) is 67.8 Å². The van der Waals surface area contributed by atoms with Crippen LogP contribution in [0.15, 0.2) is 47.6 Å². The number of anilines is 1. The van der Waals surface area contributed by atoms with E-state index in [2.05, 4.69) is 5.16 Å². The van der Waals surface area contributed by atoms with Crippen LogP contribution in [0.25, 0.3) is 0 Å². The smallest absolute Gasteiger partial charge is 0.357 e. The number of nitrogens with zero attached hydrogens (tertiary/aromatic N) is 1. The number of hydrogen-bond acceptors (Lipinski definition) is 4. The third kappa shape index (κ3) is 6.05. The molecule has 3 rings (SSSR count). The molecule has 11 heteroatoms. The van der Waals surface area contributed by atoms with Gasteiger partial charge in [-0.1, -0.05) is 47.6 Å². The minimum Gasteiger partial charge on any atom is -0.357 e. The molecule has 0 unspecified atom stereocenters. The number of halogens is 5. The minimum atomic E-state index is -5.63. The Balaban J connectivity index is 2.04. The van der Waals surface area contributed by atoms with Crippen molar-refractivity contribution in [3.05, 3.63) is 58.1 Å². The van der Waals surface area contributed by atoms with Crippen LogP contribution in [0.1, 0.15) is 37.7 Å². The molecule has 31 heavy (non-hydrogen) atoms. The van der Waals surface area contributed by atoms with Gasteiger partial charge in [-0.15, -0.1) is 0 Å². The van der Waals surface area contributed by atoms with Crippen molar-refractivity contribution in [3.63, 3.8) is 0 Å². The summed E-state index contributed by atoms with van der Waals surface area (Å²) in [5.41, 5.74) is -5.27. The molecule has 5 nitrogen and oxygen atoms in total. The fourth-order valence-corrected chi connectivity index (χ4v) is 4.22. The van der Waals surface area contributed by atoms with Crippen LogP contribution in [0.3, 0.4) is 0 Å². The van der Waals surface area contributed by atoms with Gasteiger partial charge < -0.3 is 4.84 Å². The van der Waals surface area contributed by atoms with Gasteiger partial charge in [-0.3, -0.25) is 4.72 Å². The number of rotatable bonds is 6. The summed E-state index contributed by atoms with van der Waals surface area (Å²) in [7, 11) is -5.63. The Kier molecular flexibility index (Phi) is 7.39. The maximum atomic E-state index is 12.9. The maximum absolute atomic E-state index is 12.9. The molecule has 1 aliphatic carbocycles. The van der Waals surface area contributed by atoms with Crippen LogP contribution in [0.2, 0.25) is 10.0 Å². The first kappa shape index (κ1) is 23.7. The van der Waals surface area contributed by atoms with Crippen molar-refractivity contribution in [2.24, 2.45) is 11.1 Å². The quantitative estimate of drug-likeness (QED) is 0.362. The highest BCUT2D eigenvalue weighted by molar-refractivity contribution is 7.93. The molecule has 0 aliphatic heterocycles. The lowest BCUT2D eigenvalue weighted by molar-refractivity contribution is -0.0429. The van der Waals surface area contributed by atoms with Crippen LogP contribution >= 0.6 is 23.2 Å². The van der Waals surface area contributed by atoms with E-state index in [1.165, 1.54) is 18.2 Å². The second-order valence-corrected chi connectivity index (χ2v) is 9.64. The summed E-state index contributed by atoms with van der Waals surface area (Å²) in [6.07, 6.45) is 4.33. The van der Waals surface area contributed by atoms with E-state index >= 15 is 0 Å². The molecule has 2 aromatic rings. The van der Waals surface area contributed by atoms with Gasteiger partial charge in [-0.05, 0) is 55.3 Å².